The number of para-hydroxylation sites is 1. The zero-order valence-corrected chi connectivity index (χ0v) is 11.7. The van der Waals surface area contributed by atoms with Crippen molar-refractivity contribution in [1.29, 1.82) is 0 Å². The molecule has 2 aromatic carbocycles. The summed E-state index contributed by atoms with van der Waals surface area (Å²) in [5.41, 5.74) is 3.44. The van der Waals surface area contributed by atoms with Crippen LogP contribution in [0.2, 0.25) is 0 Å². The Kier molecular flexibility index (Phi) is 4.47. The number of nitrogens with zero attached hydrogens (tertiary/aromatic N) is 2. The van der Waals surface area contributed by atoms with Crippen molar-refractivity contribution in [2.45, 2.75) is 6.92 Å². The van der Waals surface area contributed by atoms with E-state index in [1.807, 2.05) is 0 Å². The van der Waals surface area contributed by atoms with E-state index < -0.39 is 10.8 Å². The molecule has 22 heavy (non-hydrogen) atoms. The van der Waals surface area contributed by atoms with Crippen LogP contribution in [-0.4, -0.2) is 21.6 Å². The van der Waals surface area contributed by atoms with Crippen LogP contribution in [0.5, 0.6) is 5.75 Å². The van der Waals surface area contributed by atoms with Gasteiger partial charge in [-0.3, -0.25) is 14.9 Å². The second-order valence-corrected chi connectivity index (χ2v) is 4.46. The molecule has 0 bridgehead atoms. The summed E-state index contributed by atoms with van der Waals surface area (Å²) in [4.78, 5) is 21.9. The minimum absolute atomic E-state index is 0.0633. The number of phenolic OH excluding ortho intramolecular Hbond substituents is 1. The summed E-state index contributed by atoms with van der Waals surface area (Å²) >= 11 is 0. The number of rotatable bonds is 4. The lowest BCUT2D eigenvalue weighted by Crippen LogP contribution is -2.19. The average Bonchev–Trinajstić information content (AvgIpc) is 2.52. The molecule has 0 fully saturated rings. The van der Waals surface area contributed by atoms with Crippen molar-refractivity contribution in [3.8, 4) is 5.75 Å². The fourth-order valence-electron chi connectivity index (χ4n) is 1.77. The van der Waals surface area contributed by atoms with E-state index in [9.17, 15) is 20.0 Å². The topological polar surface area (TPSA) is 105 Å². The Morgan fingerprint density at radius 2 is 1.82 bits per heavy atom. The number of non-ortho nitro benzene ring substituents is 1. The molecule has 2 rings (SSSR count). The van der Waals surface area contributed by atoms with Gasteiger partial charge in [0.1, 0.15) is 5.75 Å². The monoisotopic (exact) mass is 299 g/mol. The van der Waals surface area contributed by atoms with Gasteiger partial charge in [0.05, 0.1) is 10.6 Å². The fourth-order valence-corrected chi connectivity index (χ4v) is 1.77. The number of amides is 1. The molecule has 7 heteroatoms. The van der Waals surface area contributed by atoms with Gasteiger partial charge in [0, 0.05) is 23.3 Å². The average molecular weight is 299 g/mol. The second-order valence-electron chi connectivity index (χ2n) is 4.46. The number of aromatic hydroxyl groups is 1. The van der Waals surface area contributed by atoms with Crippen LogP contribution in [0.3, 0.4) is 0 Å². The van der Waals surface area contributed by atoms with E-state index in [0.717, 1.165) is 0 Å². The Morgan fingerprint density at radius 3 is 2.41 bits per heavy atom. The van der Waals surface area contributed by atoms with E-state index in [0.29, 0.717) is 11.3 Å². The van der Waals surface area contributed by atoms with Crippen molar-refractivity contribution < 1.29 is 14.8 Å². The first-order chi connectivity index (χ1) is 10.5. The summed E-state index contributed by atoms with van der Waals surface area (Å²) in [6.07, 6.45) is 0. The quantitative estimate of drug-likeness (QED) is 0.514. The molecule has 0 saturated heterocycles. The maximum atomic E-state index is 11.9. The van der Waals surface area contributed by atoms with Gasteiger partial charge >= 0.3 is 0 Å². The molecule has 0 radical (unpaired) electrons. The lowest BCUT2D eigenvalue weighted by molar-refractivity contribution is -0.384. The number of hydrogen-bond donors (Lipinski definition) is 2. The van der Waals surface area contributed by atoms with E-state index in [-0.39, 0.29) is 17.0 Å². The summed E-state index contributed by atoms with van der Waals surface area (Å²) in [7, 11) is 0. The molecule has 0 aliphatic rings. The highest BCUT2D eigenvalue weighted by molar-refractivity contribution is 6.02. The molecule has 0 aliphatic carbocycles. The van der Waals surface area contributed by atoms with Crippen LogP contribution >= 0.6 is 0 Å². The molecule has 2 aromatic rings. The normalized spacial score (nSPS) is 11.0. The second kappa shape index (κ2) is 6.49. The molecule has 0 unspecified atom stereocenters. The smallest absolute Gasteiger partial charge is 0.271 e. The van der Waals surface area contributed by atoms with Crippen molar-refractivity contribution in [3.63, 3.8) is 0 Å². The standard InChI is InChI=1S/C15H13N3O4/c1-10(13-4-2-3-5-14(13)19)16-17-15(20)11-6-8-12(9-7-11)18(21)22/h2-9,19H,1H3,(H,17,20)/b16-10+. The van der Waals surface area contributed by atoms with Crippen molar-refractivity contribution in [3.05, 3.63) is 69.8 Å². The van der Waals surface area contributed by atoms with E-state index in [4.69, 9.17) is 0 Å². The first-order valence-electron chi connectivity index (χ1n) is 6.36. The maximum absolute atomic E-state index is 11.9. The van der Waals surface area contributed by atoms with Crippen LogP contribution < -0.4 is 5.43 Å². The van der Waals surface area contributed by atoms with Crippen LogP contribution in [0.15, 0.2) is 53.6 Å². The van der Waals surface area contributed by atoms with E-state index in [1.54, 1.807) is 25.1 Å². The fraction of sp³-hybridized carbons (Fsp3) is 0.0667. The third-order valence-electron chi connectivity index (χ3n) is 2.96. The zero-order valence-electron chi connectivity index (χ0n) is 11.7. The highest BCUT2D eigenvalue weighted by atomic mass is 16.6. The number of nitro groups is 1. The van der Waals surface area contributed by atoms with Crippen LogP contribution in [-0.2, 0) is 0 Å². The Hall–Kier alpha value is -3.22. The van der Waals surface area contributed by atoms with E-state index in [1.165, 1.54) is 30.3 Å². The Balaban J connectivity index is 2.10. The van der Waals surface area contributed by atoms with Crippen LogP contribution in [0.25, 0.3) is 0 Å². The van der Waals surface area contributed by atoms with Gasteiger partial charge in [0.15, 0.2) is 0 Å². The number of phenols is 1. The van der Waals surface area contributed by atoms with E-state index in [2.05, 4.69) is 10.5 Å². The van der Waals surface area contributed by atoms with Crippen LogP contribution in [0.1, 0.15) is 22.8 Å². The number of carbonyl (C=O) groups excluding carboxylic acids is 1. The molecule has 0 aliphatic heterocycles. The molecule has 0 atom stereocenters. The maximum Gasteiger partial charge on any atom is 0.271 e. The van der Waals surface area contributed by atoms with Crippen molar-refractivity contribution in [1.82, 2.24) is 5.43 Å². The predicted octanol–water partition coefficient (Wildman–Crippen LogP) is 2.45. The summed E-state index contributed by atoms with van der Waals surface area (Å²) in [5, 5.41) is 24.1. The van der Waals surface area contributed by atoms with Crippen molar-refractivity contribution in [2.24, 2.45) is 5.10 Å². The van der Waals surface area contributed by atoms with Crippen molar-refractivity contribution >= 4 is 17.3 Å². The minimum atomic E-state index is -0.540. The van der Waals surface area contributed by atoms with Gasteiger partial charge in [-0.15, -0.1) is 0 Å². The highest BCUT2D eigenvalue weighted by Crippen LogP contribution is 2.16. The molecule has 1 amide bonds. The highest BCUT2D eigenvalue weighted by Gasteiger charge is 2.09. The molecule has 0 saturated carbocycles. The van der Waals surface area contributed by atoms with Gasteiger partial charge in [-0.25, -0.2) is 5.43 Å². The third-order valence-corrected chi connectivity index (χ3v) is 2.96. The van der Waals surface area contributed by atoms with Crippen LogP contribution in [0, 0.1) is 10.1 Å². The molecule has 7 nitrogen and oxygen atoms in total. The van der Waals surface area contributed by atoms with Gasteiger partial charge in [-0.2, -0.15) is 5.10 Å². The van der Waals surface area contributed by atoms with Gasteiger partial charge in [0.25, 0.3) is 11.6 Å². The SMILES string of the molecule is C/C(=N\NC(=O)c1ccc([N+](=O)[O-])cc1)c1ccccc1O. The van der Waals surface area contributed by atoms with Gasteiger partial charge in [-0.1, -0.05) is 12.1 Å². The number of carbonyl (C=O) groups is 1. The number of hydrogen-bond acceptors (Lipinski definition) is 5. The molecule has 112 valence electrons. The number of benzene rings is 2. The summed E-state index contributed by atoms with van der Waals surface area (Å²) in [6.45, 7) is 1.64. The number of nitro benzene ring substituents is 1. The van der Waals surface area contributed by atoms with E-state index >= 15 is 0 Å². The summed E-state index contributed by atoms with van der Waals surface area (Å²) in [5.74, 6) is -0.432. The lowest BCUT2D eigenvalue weighted by Gasteiger charge is -2.04. The van der Waals surface area contributed by atoms with Gasteiger partial charge < -0.3 is 5.11 Å². The predicted molar refractivity (Wildman–Crippen MR) is 80.9 cm³/mol. The Labute approximate surface area is 126 Å². The lowest BCUT2D eigenvalue weighted by atomic mass is 10.1. The zero-order chi connectivity index (χ0) is 16.1. The molecular formula is C15H13N3O4. The molecule has 0 spiro atoms. The third kappa shape index (κ3) is 3.45. The number of hydrazone groups is 1. The van der Waals surface area contributed by atoms with Crippen molar-refractivity contribution in [2.75, 3.05) is 0 Å². The Bertz CT molecular complexity index is 739. The first-order valence-corrected chi connectivity index (χ1v) is 6.36. The van der Waals surface area contributed by atoms with Crippen LogP contribution in [0.4, 0.5) is 5.69 Å². The molecule has 2 N–H and O–H groups in total. The molecule has 0 aromatic heterocycles. The molecule has 0 heterocycles. The van der Waals surface area contributed by atoms with Gasteiger partial charge in [0.2, 0.25) is 0 Å². The largest absolute Gasteiger partial charge is 0.507 e. The summed E-state index contributed by atoms with van der Waals surface area (Å²) in [6, 6.07) is 11.8. The Morgan fingerprint density at radius 1 is 1.18 bits per heavy atom. The number of nitrogens with one attached hydrogen (secondary N) is 1. The molecular weight excluding hydrogens is 286 g/mol. The summed E-state index contributed by atoms with van der Waals surface area (Å²) < 4.78 is 0. The van der Waals surface area contributed by atoms with Gasteiger partial charge in [-0.05, 0) is 31.2 Å². The first kappa shape index (κ1) is 15.2. The minimum Gasteiger partial charge on any atom is -0.507 e.